The Labute approximate surface area is 268 Å². The fourth-order valence-corrected chi connectivity index (χ4v) is 6.63. The van der Waals surface area contributed by atoms with Crippen molar-refractivity contribution in [2.75, 3.05) is 74.5 Å². The van der Waals surface area contributed by atoms with Gasteiger partial charge in [0, 0.05) is 65.1 Å². The molecule has 1 aromatic heterocycles. The first kappa shape index (κ1) is 33.5. The third-order valence-corrected chi connectivity index (χ3v) is 8.94. The summed E-state index contributed by atoms with van der Waals surface area (Å²) in [5, 5.41) is 22.2. The summed E-state index contributed by atoms with van der Waals surface area (Å²) in [7, 11) is 1.44. The topological polar surface area (TPSA) is 136 Å². The number of pyridine rings is 1. The largest absolute Gasteiger partial charge is 0.465 e. The molecule has 0 aliphatic carbocycles. The summed E-state index contributed by atoms with van der Waals surface area (Å²) in [5.41, 5.74) is -2.26. The second-order valence-corrected chi connectivity index (χ2v) is 12.0. The normalized spacial score (nSPS) is 19.8. The molecule has 1 spiro atoms. The minimum atomic E-state index is -4.82. The van der Waals surface area contributed by atoms with E-state index in [0.29, 0.717) is 19.6 Å². The summed E-state index contributed by atoms with van der Waals surface area (Å²) in [5.74, 6) is -1.78. The third-order valence-electron chi connectivity index (χ3n) is 8.94. The lowest BCUT2D eigenvalue weighted by molar-refractivity contribution is -0.144. The van der Waals surface area contributed by atoms with Gasteiger partial charge in [0.25, 0.3) is 0 Å². The average Bonchev–Trinajstić information content (AvgIpc) is 3.00. The molecule has 0 unspecified atom stereocenters. The quantitative estimate of drug-likeness (QED) is 0.355. The lowest BCUT2D eigenvalue weighted by atomic mass is 9.85. The lowest BCUT2D eigenvalue weighted by Gasteiger charge is -2.58. The number of halogens is 4. The Kier molecular flexibility index (Phi) is 9.04. The number of para-hydroxylation sites is 1. The van der Waals surface area contributed by atoms with Crippen LogP contribution in [-0.4, -0.2) is 114 Å². The number of carbonyl (C=O) groups is 3. The maximum Gasteiger partial charge on any atom is 0.417 e. The van der Waals surface area contributed by atoms with Crippen molar-refractivity contribution in [2.45, 2.75) is 31.1 Å². The molecule has 1 aromatic carbocycles. The first-order valence-electron chi connectivity index (χ1n) is 14.9. The molecule has 3 aliphatic heterocycles. The van der Waals surface area contributed by atoms with Crippen molar-refractivity contribution in [3.05, 3.63) is 59.6 Å². The number of aromatic nitrogens is 1. The van der Waals surface area contributed by atoms with E-state index in [0.717, 1.165) is 6.07 Å². The van der Waals surface area contributed by atoms with E-state index in [1.165, 1.54) is 46.9 Å². The van der Waals surface area contributed by atoms with E-state index < -0.39 is 46.7 Å². The number of carbonyl (C=O) groups excluding carboxylic acids is 2. The number of fused-ring (bicyclic) bond motifs is 1. The number of hydrogen-bond donors (Lipinski definition) is 2. The molecular weight excluding hydrogens is 624 g/mol. The number of aryl methyl sites for hydroxylation is 1. The van der Waals surface area contributed by atoms with E-state index in [9.17, 15) is 37.9 Å². The van der Waals surface area contributed by atoms with Crippen LogP contribution in [0.1, 0.15) is 23.2 Å². The number of hydrogen-bond acceptors (Lipinski definition) is 8. The summed E-state index contributed by atoms with van der Waals surface area (Å²) in [6, 6.07) is 5.53. The SMILES string of the molecule is C=CC(=O)N1CC2(CN(CCN3CC[C@H](Nc4nc(C)cc(C(F)(F)F)c4C#N)C(=O)N(C)c4cccc(F)c43)CCN2C(=O)O)C1. The third kappa shape index (κ3) is 6.39. The molecule has 0 saturated carbocycles. The van der Waals surface area contributed by atoms with Crippen LogP contribution in [0.4, 0.5) is 39.5 Å². The van der Waals surface area contributed by atoms with E-state index in [2.05, 4.69) is 16.9 Å². The number of anilines is 3. The highest BCUT2D eigenvalue weighted by atomic mass is 19.4. The Hall–Kier alpha value is -4.91. The molecule has 2 N–H and O–H groups in total. The van der Waals surface area contributed by atoms with Gasteiger partial charge >= 0.3 is 12.3 Å². The summed E-state index contributed by atoms with van der Waals surface area (Å²) in [6.45, 7) is 7.02. The monoisotopic (exact) mass is 658 g/mol. The number of nitrogens with one attached hydrogen (secondary N) is 1. The average molecular weight is 659 g/mol. The van der Waals surface area contributed by atoms with Gasteiger partial charge in [-0.1, -0.05) is 12.6 Å². The number of piperazine rings is 1. The van der Waals surface area contributed by atoms with Crippen LogP contribution >= 0.6 is 0 Å². The van der Waals surface area contributed by atoms with Crippen molar-refractivity contribution in [2.24, 2.45) is 0 Å². The molecule has 47 heavy (non-hydrogen) atoms. The van der Waals surface area contributed by atoms with Gasteiger partial charge in [0.2, 0.25) is 11.8 Å². The highest BCUT2D eigenvalue weighted by molar-refractivity contribution is 6.01. The molecule has 2 aromatic rings. The zero-order valence-corrected chi connectivity index (χ0v) is 25.8. The van der Waals surface area contributed by atoms with Crippen molar-refractivity contribution in [1.82, 2.24) is 19.7 Å². The second kappa shape index (κ2) is 12.7. The number of benzene rings is 1. The van der Waals surface area contributed by atoms with E-state index in [1.807, 2.05) is 4.90 Å². The zero-order chi connectivity index (χ0) is 34.3. The fraction of sp³-hybridized carbons (Fsp3) is 0.452. The summed E-state index contributed by atoms with van der Waals surface area (Å²) < 4.78 is 56.7. The highest BCUT2D eigenvalue weighted by Gasteiger charge is 2.53. The first-order chi connectivity index (χ1) is 22.2. The smallest absolute Gasteiger partial charge is 0.417 e. The van der Waals surface area contributed by atoms with Gasteiger partial charge in [-0.15, -0.1) is 0 Å². The predicted molar refractivity (Wildman–Crippen MR) is 163 cm³/mol. The molecule has 0 bridgehead atoms. The summed E-state index contributed by atoms with van der Waals surface area (Å²) >= 11 is 0. The number of likely N-dealkylation sites (tertiary alicyclic amines) is 1. The molecule has 4 heterocycles. The molecule has 3 amide bonds. The van der Waals surface area contributed by atoms with Gasteiger partial charge in [-0.3, -0.25) is 19.4 Å². The summed E-state index contributed by atoms with van der Waals surface area (Å²) in [4.78, 5) is 49.8. The Bertz CT molecular complexity index is 1640. The molecule has 250 valence electrons. The van der Waals surface area contributed by atoms with Crippen LogP contribution in [0.5, 0.6) is 0 Å². The molecule has 2 saturated heterocycles. The van der Waals surface area contributed by atoms with E-state index in [-0.39, 0.29) is 67.9 Å². The van der Waals surface area contributed by atoms with Gasteiger partial charge in [0.05, 0.1) is 22.5 Å². The van der Waals surface area contributed by atoms with Crippen molar-refractivity contribution in [3.8, 4) is 6.07 Å². The first-order valence-corrected chi connectivity index (χ1v) is 14.9. The van der Waals surface area contributed by atoms with Gasteiger partial charge in [-0.25, -0.2) is 14.2 Å². The number of alkyl halides is 3. The number of nitriles is 1. The number of rotatable bonds is 6. The van der Waals surface area contributed by atoms with Crippen LogP contribution < -0.4 is 15.1 Å². The molecule has 0 radical (unpaired) electrons. The Morgan fingerprint density at radius 2 is 1.94 bits per heavy atom. The van der Waals surface area contributed by atoms with Crippen molar-refractivity contribution >= 4 is 35.1 Å². The van der Waals surface area contributed by atoms with Crippen LogP contribution in [0.15, 0.2) is 36.9 Å². The number of carboxylic acid groups (broad SMARTS) is 1. The van der Waals surface area contributed by atoms with Crippen molar-refractivity contribution < 1.29 is 37.1 Å². The molecule has 12 nitrogen and oxygen atoms in total. The van der Waals surface area contributed by atoms with E-state index in [4.69, 9.17) is 0 Å². The molecule has 16 heteroatoms. The van der Waals surface area contributed by atoms with Crippen LogP contribution in [0.2, 0.25) is 0 Å². The van der Waals surface area contributed by atoms with Crippen molar-refractivity contribution in [3.63, 3.8) is 0 Å². The Morgan fingerprint density at radius 3 is 2.57 bits per heavy atom. The zero-order valence-electron chi connectivity index (χ0n) is 25.8. The van der Waals surface area contributed by atoms with Crippen molar-refractivity contribution in [1.29, 1.82) is 5.26 Å². The highest BCUT2D eigenvalue weighted by Crippen LogP contribution is 2.38. The van der Waals surface area contributed by atoms with Gasteiger partial charge in [0.15, 0.2) is 0 Å². The number of likely N-dealkylation sites (N-methyl/N-ethyl adjacent to an activating group) is 1. The van der Waals surface area contributed by atoms with Crippen LogP contribution in [0, 0.1) is 24.1 Å². The van der Waals surface area contributed by atoms with Gasteiger partial charge in [-0.05, 0) is 37.6 Å². The molecule has 3 aliphatic rings. The van der Waals surface area contributed by atoms with Crippen LogP contribution in [0.25, 0.3) is 0 Å². The van der Waals surface area contributed by atoms with Gasteiger partial charge in [0.1, 0.15) is 29.3 Å². The minimum Gasteiger partial charge on any atom is -0.465 e. The lowest BCUT2D eigenvalue weighted by Crippen LogP contribution is -2.78. The maximum absolute atomic E-state index is 15.4. The summed E-state index contributed by atoms with van der Waals surface area (Å²) in [6.07, 6.45) is -4.68. The Morgan fingerprint density at radius 1 is 1.21 bits per heavy atom. The minimum absolute atomic E-state index is 0.00345. The second-order valence-electron chi connectivity index (χ2n) is 12.0. The van der Waals surface area contributed by atoms with Crippen LogP contribution in [0.3, 0.4) is 0 Å². The molecule has 1 atom stereocenters. The Balaban J connectivity index is 1.39. The van der Waals surface area contributed by atoms with Gasteiger partial charge < -0.3 is 25.1 Å². The molecule has 2 fully saturated rings. The van der Waals surface area contributed by atoms with Crippen LogP contribution in [-0.2, 0) is 15.8 Å². The standard InChI is InChI=1S/C31H34F4N8O4/c1-4-25(44)42-17-30(18-42)16-40(11-13-43(30)29(46)47)10-12-41-9-8-23(28(45)39(3)24-7-5-6-22(32)26(24)41)38-27-20(15-36)21(31(33,34)35)14-19(2)37-27/h4-7,14,23H,1,8-13,16-18H2,2-3H3,(H,37,38)(H,46,47)/t23-/m0/s1. The van der Waals surface area contributed by atoms with E-state index in [1.54, 1.807) is 17.0 Å². The fourth-order valence-electron chi connectivity index (χ4n) is 6.63. The number of amides is 3. The van der Waals surface area contributed by atoms with E-state index >= 15 is 4.39 Å². The maximum atomic E-state index is 15.4. The number of nitrogens with zero attached hydrogens (tertiary/aromatic N) is 7. The predicted octanol–water partition coefficient (Wildman–Crippen LogP) is 3.14. The van der Waals surface area contributed by atoms with Gasteiger partial charge in [-0.2, -0.15) is 18.4 Å². The molecule has 5 rings (SSSR count). The molecular formula is C31H34F4N8O4.